The Bertz CT molecular complexity index is 1440. The van der Waals surface area contributed by atoms with Crippen molar-refractivity contribution in [2.24, 2.45) is 29.6 Å². The van der Waals surface area contributed by atoms with Crippen molar-refractivity contribution in [1.29, 1.82) is 0 Å². The quantitative estimate of drug-likeness (QED) is 0.138. The van der Waals surface area contributed by atoms with Gasteiger partial charge in [0.2, 0.25) is 8.32 Å². The average molecular weight is 839 g/mol. The third-order valence-electron chi connectivity index (χ3n) is 16.9. The summed E-state index contributed by atoms with van der Waals surface area (Å²) in [6.07, 6.45) is 26.8. The van der Waals surface area contributed by atoms with Crippen LogP contribution in [-0.4, -0.2) is 73.5 Å². The number of rotatable bonds is 14. The SMILES string of the molecule is CC(C)(c1ccc([Si](C)(C)O[Si](C)(C)CCC2CCC3OC3C2)cc1)[Si](C)(C)CCC1CCC2OC2C1.CC(C)C1CCC2OC2C1.CCCC1CCC2OC2C1. The van der Waals surface area contributed by atoms with Crippen LogP contribution in [-0.2, 0) is 28.1 Å². The molecule has 12 atom stereocenters. The van der Waals surface area contributed by atoms with Crippen molar-refractivity contribution in [3.63, 3.8) is 0 Å². The molecule has 4 aliphatic carbocycles. The summed E-state index contributed by atoms with van der Waals surface area (Å²) in [6.45, 7) is 27.0. The van der Waals surface area contributed by atoms with Crippen molar-refractivity contribution in [3.8, 4) is 0 Å². The van der Waals surface area contributed by atoms with Gasteiger partial charge in [0, 0.05) is 0 Å². The Morgan fingerprint density at radius 3 is 1.46 bits per heavy atom. The molecule has 0 aromatic heterocycles. The molecule has 4 heterocycles. The first-order valence-corrected chi connectivity index (χ1v) is 33.6. The van der Waals surface area contributed by atoms with Gasteiger partial charge in [0.05, 0.1) is 56.9 Å². The minimum absolute atomic E-state index is 0.268. The largest absolute Gasteiger partial charge is 0.452 e. The molecular formula is C49H86O5Si3. The third kappa shape index (κ3) is 12.0. The average Bonchev–Trinajstić information content (AvgIpc) is 3.99. The number of hydrogen-bond acceptors (Lipinski definition) is 5. The van der Waals surface area contributed by atoms with E-state index in [2.05, 4.69) is 98.2 Å². The number of benzene rings is 1. The van der Waals surface area contributed by atoms with E-state index < -0.39 is 24.7 Å². The van der Waals surface area contributed by atoms with Gasteiger partial charge in [0.15, 0.2) is 8.32 Å². The molecule has 0 bridgehead atoms. The van der Waals surface area contributed by atoms with E-state index in [-0.39, 0.29) is 5.04 Å². The summed E-state index contributed by atoms with van der Waals surface area (Å²) in [4.78, 5) is 0. The van der Waals surface area contributed by atoms with Crippen LogP contribution in [0, 0.1) is 29.6 Å². The van der Waals surface area contributed by atoms with Crippen LogP contribution in [0.1, 0.15) is 143 Å². The molecule has 1 aromatic rings. The van der Waals surface area contributed by atoms with Crippen LogP contribution in [0.25, 0.3) is 0 Å². The summed E-state index contributed by atoms with van der Waals surface area (Å²) in [7, 11) is -5.10. The van der Waals surface area contributed by atoms with Crippen molar-refractivity contribution >= 4 is 29.9 Å². The van der Waals surface area contributed by atoms with Gasteiger partial charge in [-0.3, -0.25) is 0 Å². The summed E-state index contributed by atoms with van der Waals surface area (Å²) in [5, 5.41) is 1.73. The maximum absolute atomic E-state index is 7.10. The minimum atomic E-state index is -1.94. The molecule has 8 heteroatoms. The molecule has 324 valence electrons. The number of epoxide rings is 4. The fraction of sp³-hybridized carbons (Fsp3) is 0.878. The molecule has 1 aromatic carbocycles. The Morgan fingerprint density at radius 2 is 1.02 bits per heavy atom. The topological polar surface area (TPSA) is 59.4 Å². The van der Waals surface area contributed by atoms with Crippen molar-refractivity contribution in [2.45, 2.75) is 243 Å². The zero-order valence-electron chi connectivity index (χ0n) is 38.6. The monoisotopic (exact) mass is 839 g/mol. The lowest BCUT2D eigenvalue weighted by Gasteiger charge is -2.42. The summed E-state index contributed by atoms with van der Waals surface area (Å²) >= 11 is 0. The van der Waals surface area contributed by atoms with E-state index in [0.717, 1.165) is 29.6 Å². The Balaban J connectivity index is 0.000000198. The Morgan fingerprint density at radius 1 is 0.579 bits per heavy atom. The Kier molecular flexibility index (Phi) is 14.3. The molecule has 5 nitrogen and oxygen atoms in total. The molecule has 4 saturated carbocycles. The normalized spacial score (nSPS) is 36.6. The second-order valence-corrected chi connectivity index (χ2v) is 37.0. The first kappa shape index (κ1) is 44.7. The highest BCUT2D eigenvalue weighted by Gasteiger charge is 2.48. The van der Waals surface area contributed by atoms with E-state index in [9.17, 15) is 0 Å². The highest BCUT2D eigenvalue weighted by atomic mass is 28.4. The highest BCUT2D eigenvalue weighted by Crippen LogP contribution is 2.45. The first-order chi connectivity index (χ1) is 26.9. The third-order valence-corrected chi connectivity index (χ3v) is 29.6. The zero-order valence-corrected chi connectivity index (χ0v) is 41.6. The summed E-state index contributed by atoms with van der Waals surface area (Å²) in [5.41, 5.74) is 1.53. The van der Waals surface area contributed by atoms with Crippen LogP contribution in [0.5, 0.6) is 0 Å². The van der Waals surface area contributed by atoms with Gasteiger partial charge >= 0.3 is 0 Å². The van der Waals surface area contributed by atoms with Gasteiger partial charge in [-0.25, -0.2) is 0 Å². The molecular weight excluding hydrogens is 753 g/mol. The number of hydrogen-bond donors (Lipinski definition) is 0. The van der Waals surface area contributed by atoms with Gasteiger partial charge in [-0.2, -0.15) is 0 Å². The first-order valence-electron chi connectivity index (χ1n) is 24.4. The Labute approximate surface area is 353 Å². The second kappa shape index (κ2) is 18.2. The summed E-state index contributed by atoms with van der Waals surface area (Å²) in [6, 6.07) is 12.5. The van der Waals surface area contributed by atoms with Gasteiger partial charge in [-0.1, -0.05) is 104 Å². The lowest BCUT2D eigenvalue weighted by molar-refractivity contribution is 0.297. The highest BCUT2D eigenvalue weighted by molar-refractivity contribution is 6.92. The molecule has 8 fully saturated rings. The van der Waals surface area contributed by atoms with Gasteiger partial charge in [-0.05, 0) is 155 Å². The van der Waals surface area contributed by atoms with Crippen LogP contribution in [0.15, 0.2) is 24.3 Å². The van der Waals surface area contributed by atoms with Crippen LogP contribution in [0.3, 0.4) is 0 Å². The fourth-order valence-corrected chi connectivity index (χ4v) is 22.8. The van der Waals surface area contributed by atoms with Gasteiger partial charge in [-0.15, -0.1) is 0 Å². The van der Waals surface area contributed by atoms with Crippen molar-refractivity contribution in [1.82, 2.24) is 0 Å². The van der Waals surface area contributed by atoms with E-state index in [1.807, 2.05) is 0 Å². The van der Waals surface area contributed by atoms with Crippen LogP contribution in [0.4, 0.5) is 0 Å². The van der Waals surface area contributed by atoms with E-state index in [1.54, 1.807) is 0 Å². The number of ether oxygens (including phenoxy) is 4. The maximum atomic E-state index is 7.10. The van der Waals surface area contributed by atoms with Crippen LogP contribution in [0.2, 0.25) is 51.4 Å². The van der Waals surface area contributed by atoms with Crippen LogP contribution >= 0.6 is 0 Å². The molecule has 12 unspecified atom stereocenters. The van der Waals surface area contributed by atoms with Crippen LogP contribution < -0.4 is 5.19 Å². The smallest absolute Gasteiger partial charge is 0.205 e. The molecule has 0 N–H and O–H groups in total. The van der Waals surface area contributed by atoms with E-state index >= 15 is 0 Å². The van der Waals surface area contributed by atoms with Crippen molar-refractivity contribution < 1.29 is 23.1 Å². The predicted octanol–water partition coefficient (Wildman–Crippen LogP) is 12.3. The molecule has 0 amide bonds. The fourth-order valence-electron chi connectivity index (χ4n) is 11.6. The molecule has 57 heavy (non-hydrogen) atoms. The van der Waals surface area contributed by atoms with Gasteiger partial charge in [0.1, 0.15) is 0 Å². The molecule has 0 spiro atoms. The van der Waals surface area contributed by atoms with Crippen molar-refractivity contribution in [2.75, 3.05) is 0 Å². The number of fused-ring (bicyclic) bond motifs is 4. The second-order valence-electron chi connectivity index (χ2n) is 23.0. The molecule has 8 aliphatic rings. The lowest BCUT2D eigenvalue weighted by atomic mass is 9.82. The summed E-state index contributed by atoms with van der Waals surface area (Å²) in [5.74, 6) is 4.56. The lowest BCUT2D eigenvalue weighted by Crippen LogP contribution is -2.53. The molecule has 4 saturated heterocycles. The minimum Gasteiger partial charge on any atom is -0.452 e. The molecule has 4 aliphatic heterocycles. The predicted molar refractivity (Wildman–Crippen MR) is 245 cm³/mol. The van der Waals surface area contributed by atoms with Gasteiger partial charge in [0.25, 0.3) is 0 Å². The van der Waals surface area contributed by atoms with Crippen molar-refractivity contribution in [3.05, 3.63) is 29.8 Å². The van der Waals surface area contributed by atoms with E-state index in [0.29, 0.717) is 48.8 Å². The molecule has 9 rings (SSSR count). The van der Waals surface area contributed by atoms with E-state index in [1.165, 1.54) is 126 Å². The zero-order chi connectivity index (χ0) is 40.8. The summed E-state index contributed by atoms with van der Waals surface area (Å²) < 4.78 is 29.6. The standard InChI is InChI=1S/C31H54O3Si3.2C9H16O/c1-31(2,35(3,4)19-17-23-9-15-27-29(21-23)32-27)25-11-13-26(14-12-25)37(7,8)34-36(5,6)20-18-24-10-16-28-30(22-24)33-28;1-6(2)7-3-4-8-9(5-7)10-8;1-2-3-7-4-5-8-9(6-7)10-8/h11-14,23-24,27-30H,9-10,15-22H2,1-8H3;6-9H,3-5H2,1-2H3;7-9H,2-6H2,1H3. The van der Waals surface area contributed by atoms with Gasteiger partial charge < -0.3 is 23.1 Å². The molecule has 0 radical (unpaired) electrons. The maximum Gasteiger partial charge on any atom is 0.205 e. The Hall–Kier alpha value is -0.329. The van der Waals surface area contributed by atoms with E-state index in [4.69, 9.17) is 23.1 Å².